The number of ether oxygens (including phenoxy) is 2. The summed E-state index contributed by atoms with van der Waals surface area (Å²) in [6.45, 7) is 4.36. The van der Waals surface area contributed by atoms with Gasteiger partial charge in [-0.05, 0) is 24.3 Å². The van der Waals surface area contributed by atoms with Crippen LogP contribution in [0.25, 0.3) is 0 Å². The summed E-state index contributed by atoms with van der Waals surface area (Å²) in [4.78, 5) is 13.0. The number of nitrogens with zero attached hydrogens (tertiary/aromatic N) is 1. The van der Waals surface area contributed by atoms with Gasteiger partial charge in [-0.25, -0.2) is 0 Å². The normalized spacial score (nSPS) is 11.7. The van der Waals surface area contributed by atoms with E-state index < -0.39 is 14.5 Å². The maximum atomic E-state index is 11.1. The third kappa shape index (κ3) is 7.38. The zero-order valence-electron chi connectivity index (χ0n) is 15.9. The number of methoxy groups -OCH3 is 2. The minimum absolute atomic E-state index is 0.151. The van der Waals surface area contributed by atoms with Crippen molar-refractivity contribution in [3.05, 3.63) is 42.2 Å². The van der Waals surface area contributed by atoms with Gasteiger partial charge in [-0.15, -0.1) is 4.89 Å². The Morgan fingerprint density at radius 1 is 1.11 bits per heavy atom. The highest BCUT2D eigenvalue weighted by Gasteiger charge is 2.27. The standard InChI is InChI=1S/C14H15N2O6P.C4H10/c1-20-11-7-9(8-12(21-2)13(11)17)14(22-23(18)19)16-10-3-5-15-6-4-10;1-3-4-2/h3-8,14H,1-2H3,(H2-,15,16,17,18,19);3-4H2,1-2H3/p+1. The highest BCUT2D eigenvalue weighted by molar-refractivity contribution is 7.32. The average molecular weight is 397 g/mol. The van der Waals surface area contributed by atoms with E-state index in [1.807, 2.05) is 0 Å². The second kappa shape index (κ2) is 12.1. The molecule has 0 saturated heterocycles. The van der Waals surface area contributed by atoms with E-state index in [1.54, 1.807) is 24.5 Å². The topological polar surface area (TPSA) is 110 Å². The third-order valence-electron chi connectivity index (χ3n) is 3.48. The number of aromatic nitrogens is 1. The highest BCUT2D eigenvalue weighted by Crippen LogP contribution is 2.41. The molecule has 0 radical (unpaired) electrons. The molecule has 0 aliphatic rings. The molecule has 1 aromatic heterocycles. The van der Waals surface area contributed by atoms with E-state index in [1.165, 1.54) is 39.2 Å². The van der Waals surface area contributed by atoms with Crippen LogP contribution in [-0.4, -0.2) is 29.2 Å². The quantitative estimate of drug-likeness (QED) is 0.444. The van der Waals surface area contributed by atoms with Crippen molar-refractivity contribution in [1.82, 2.24) is 4.98 Å². The van der Waals surface area contributed by atoms with E-state index in [0.717, 1.165) is 0 Å². The lowest BCUT2D eigenvalue weighted by Crippen LogP contribution is -2.12. The van der Waals surface area contributed by atoms with Gasteiger partial charge in [0.05, 0.1) is 14.2 Å². The lowest BCUT2D eigenvalue weighted by molar-refractivity contribution is 0.215. The summed E-state index contributed by atoms with van der Waals surface area (Å²) in [5.41, 5.74) is 1.07. The summed E-state index contributed by atoms with van der Waals surface area (Å²) in [7, 11) is -0.0956. The Morgan fingerprint density at radius 3 is 2.04 bits per heavy atom. The molecule has 2 unspecified atom stereocenters. The van der Waals surface area contributed by atoms with Gasteiger partial charge < -0.3 is 19.9 Å². The molecular formula is C18H26N2O6P+. The van der Waals surface area contributed by atoms with Crippen LogP contribution in [0, 0.1) is 0 Å². The smallest absolute Gasteiger partial charge is 0.502 e. The van der Waals surface area contributed by atoms with Crippen molar-refractivity contribution in [3.63, 3.8) is 0 Å². The molecule has 0 fully saturated rings. The van der Waals surface area contributed by atoms with Crippen molar-refractivity contribution < 1.29 is 28.6 Å². The number of rotatable bonds is 8. The largest absolute Gasteiger partial charge is 0.697 e. The second-order valence-electron chi connectivity index (χ2n) is 5.38. The number of unbranched alkanes of at least 4 members (excludes halogenated alkanes) is 1. The predicted molar refractivity (Wildman–Crippen MR) is 103 cm³/mol. The van der Waals surface area contributed by atoms with Gasteiger partial charge in [-0.2, -0.15) is 0 Å². The fourth-order valence-corrected chi connectivity index (χ4v) is 2.28. The first-order chi connectivity index (χ1) is 13.0. The Bertz CT molecular complexity index is 687. The number of phenolic OH excluding ortho intramolecular Hbond substituents is 1. The molecular weight excluding hydrogens is 371 g/mol. The molecule has 1 aromatic carbocycles. The van der Waals surface area contributed by atoms with Gasteiger partial charge in [0.1, 0.15) is 0 Å². The SMILES string of the molecule is CCCC.COc1cc(C(Nc2ccncc2)O[P+](=O)O)cc(OC)c1O. The first-order valence-corrected chi connectivity index (χ1v) is 9.54. The van der Waals surface area contributed by atoms with E-state index >= 15 is 0 Å². The molecule has 0 spiro atoms. The lowest BCUT2D eigenvalue weighted by atomic mass is 10.1. The highest BCUT2D eigenvalue weighted by atomic mass is 31.1. The monoisotopic (exact) mass is 397 g/mol. The molecule has 148 valence electrons. The van der Waals surface area contributed by atoms with Gasteiger partial charge in [0.2, 0.25) is 12.0 Å². The predicted octanol–water partition coefficient (Wildman–Crippen LogP) is 4.39. The Kier molecular flexibility index (Phi) is 10.1. The van der Waals surface area contributed by atoms with Crippen LogP contribution in [0.1, 0.15) is 38.5 Å². The number of nitrogens with one attached hydrogen (secondary N) is 1. The fourth-order valence-electron chi connectivity index (χ4n) is 1.93. The van der Waals surface area contributed by atoms with Gasteiger partial charge in [0.15, 0.2) is 11.5 Å². The van der Waals surface area contributed by atoms with E-state index in [-0.39, 0.29) is 17.2 Å². The van der Waals surface area contributed by atoms with Gasteiger partial charge in [0.25, 0.3) is 0 Å². The number of anilines is 1. The third-order valence-corrected chi connectivity index (χ3v) is 3.87. The number of pyridine rings is 1. The molecule has 0 aliphatic heterocycles. The average Bonchev–Trinajstić information content (AvgIpc) is 2.68. The first-order valence-electron chi connectivity index (χ1n) is 8.41. The number of aromatic hydroxyl groups is 1. The van der Waals surface area contributed by atoms with Crippen LogP contribution in [0.3, 0.4) is 0 Å². The van der Waals surface area contributed by atoms with E-state index in [2.05, 4.69) is 24.1 Å². The van der Waals surface area contributed by atoms with E-state index in [0.29, 0.717) is 11.3 Å². The molecule has 0 aliphatic carbocycles. The Morgan fingerprint density at radius 2 is 1.63 bits per heavy atom. The lowest BCUT2D eigenvalue weighted by Gasteiger charge is -2.17. The second-order valence-corrected chi connectivity index (χ2v) is 6.06. The van der Waals surface area contributed by atoms with Crippen LogP contribution in [-0.2, 0) is 9.09 Å². The summed E-state index contributed by atoms with van der Waals surface area (Å²) >= 11 is 0. The molecule has 2 rings (SSSR count). The van der Waals surface area contributed by atoms with Gasteiger partial charge in [-0.3, -0.25) is 4.98 Å². The van der Waals surface area contributed by atoms with Crippen LogP contribution in [0.15, 0.2) is 36.7 Å². The summed E-state index contributed by atoms with van der Waals surface area (Å²) in [5.74, 6) is 0.130. The Balaban J connectivity index is 0.000000828. The molecule has 0 saturated carbocycles. The zero-order chi connectivity index (χ0) is 20.2. The van der Waals surface area contributed by atoms with Gasteiger partial charge in [-0.1, -0.05) is 31.2 Å². The van der Waals surface area contributed by atoms with Crippen molar-refractivity contribution in [2.75, 3.05) is 19.5 Å². The van der Waals surface area contributed by atoms with Crippen molar-refractivity contribution in [2.24, 2.45) is 0 Å². The Hall–Kier alpha value is -2.41. The number of hydrogen-bond donors (Lipinski definition) is 3. The zero-order valence-corrected chi connectivity index (χ0v) is 16.8. The van der Waals surface area contributed by atoms with Crippen LogP contribution in [0.5, 0.6) is 17.2 Å². The molecule has 8 nitrogen and oxygen atoms in total. The molecule has 2 atom stereocenters. The minimum atomic E-state index is -2.87. The summed E-state index contributed by atoms with van der Waals surface area (Å²) in [5, 5.41) is 12.9. The van der Waals surface area contributed by atoms with Gasteiger partial charge in [0, 0.05) is 28.2 Å². The summed E-state index contributed by atoms with van der Waals surface area (Å²) < 4.78 is 26.3. The molecule has 0 bridgehead atoms. The van der Waals surface area contributed by atoms with E-state index in [9.17, 15) is 9.67 Å². The van der Waals surface area contributed by atoms with Crippen molar-refractivity contribution in [3.8, 4) is 17.2 Å². The number of hydrogen-bond acceptors (Lipinski definition) is 7. The molecule has 3 N–H and O–H groups in total. The maximum absolute atomic E-state index is 11.1. The fraction of sp³-hybridized carbons (Fsp3) is 0.389. The summed E-state index contributed by atoms with van der Waals surface area (Å²) in [6, 6.07) is 6.32. The first kappa shape index (κ1) is 22.6. The van der Waals surface area contributed by atoms with Crippen molar-refractivity contribution >= 4 is 13.9 Å². The van der Waals surface area contributed by atoms with Crippen LogP contribution in [0.2, 0.25) is 0 Å². The van der Waals surface area contributed by atoms with Crippen LogP contribution in [0.4, 0.5) is 5.69 Å². The van der Waals surface area contributed by atoms with Crippen molar-refractivity contribution in [1.29, 1.82) is 0 Å². The number of benzene rings is 1. The van der Waals surface area contributed by atoms with Crippen molar-refractivity contribution in [2.45, 2.75) is 32.9 Å². The minimum Gasteiger partial charge on any atom is -0.502 e. The molecule has 9 heteroatoms. The van der Waals surface area contributed by atoms with Gasteiger partial charge >= 0.3 is 8.25 Å². The van der Waals surface area contributed by atoms with E-state index in [4.69, 9.17) is 18.9 Å². The number of phenols is 1. The Labute approximate surface area is 160 Å². The summed E-state index contributed by atoms with van der Waals surface area (Å²) in [6.07, 6.45) is 4.81. The molecule has 1 heterocycles. The maximum Gasteiger partial charge on any atom is 0.697 e. The van der Waals surface area contributed by atoms with Crippen LogP contribution < -0.4 is 14.8 Å². The molecule has 2 aromatic rings. The molecule has 27 heavy (non-hydrogen) atoms. The van der Waals surface area contributed by atoms with Crippen LogP contribution >= 0.6 is 8.25 Å². The molecule has 0 amide bonds.